The van der Waals surface area contributed by atoms with E-state index in [1.807, 2.05) is 4.90 Å². The van der Waals surface area contributed by atoms with Gasteiger partial charge >= 0.3 is 0 Å². The first-order chi connectivity index (χ1) is 11.0. The molecule has 23 heavy (non-hydrogen) atoms. The Labute approximate surface area is 144 Å². The van der Waals surface area contributed by atoms with Gasteiger partial charge in [-0.2, -0.15) is 0 Å². The van der Waals surface area contributed by atoms with Crippen molar-refractivity contribution in [2.45, 2.75) is 49.5 Å². The molecular weight excluding hydrogens is 336 g/mol. The van der Waals surface area contributed by atoms with Crippen molar-refractivity contribution in [3.8, 4) is 0 Å². The lowest BCUT2D eigenvalue weighted by atomic mass is 9.98. The zero-order valence-electron chi connectivity index (χ0n) is 13.6. The predicted octanol–water partition coefficient (Wildman–Crippen LogP) is 2.00. The van der Waals surface area contributed by atoms with Crippen LogP contribution in [0.2, 0.25) is 0 Å². The molecule has 2 amide bonds. The van der Waals surface area contributed by atoms with Crippen molar-refractivity contribution in [2.75, 3.05) is 24.8 Å². The zero-order valence-corrected chi connectivity index (χ0v) is 15.2. The highest BCUT2D eigenvalue weighted by atomic mass is 32.2. The Hall–Kier alpha value is -1.19. The number of anilines is 1. The number of aromatic nitrogens is 2. The number of carbonyl (C=O) groups is 2. The van der Waals surface area contributed by atoms with E-state index in [9.17, 15) is 9.59 Å². The molecule has 1 aliphatic heterocycles. The highest BCUT2D eigenvalue weighted by molar-refractivity contribution is 8.01. The third-order valence-corrected chi connectivity index (χ3v) is 5.69. The van der Waals surface area contributed by atoms with E-state index < -0.39 is 0 Å². The van der Waals surface area contributed by atoms with Gasteiger partial charge in [-0.05, 0) is 33.1 Å². The smallest absolute Gasteiger partial charge is 0.252 e. The zero-order chi connectivity index (χ0) is 16.8. The Bertz CT molecular complexity index is 542. The second-order valence-corrected chi connectivity index (χ2v) is 7.77. The number of thioether (sulfide) groups is 1. The molecule has 7 nitrogen and oxygen atoms in total. The van der Waals surface area contributed by atoms with Gasteiger partial charge in [0.15, 0.2) is 4.34 Å². The van der Waals surface area contributed by atoms with Gasteiger partial charge in [0.2, 0.25) is 11.0 Å². The van der Waals surface area contributed by atoms with Crippen LogP contribution >= 0.6 is 23.1 Å². The first kappa shape index (κ1) is 18.2. The van der Waals surface area contributed by atoms with Gasteiger partial charge in [0.25, 0.3) is 5.91 Å². The Kier molecular flexibility index (Phi) is 6.79. The lowest BCUT2D eigenvalue weighted by molar-refractivity contribution is -0.134. The van der Waals surface area contributed by atoms with Crippen LogP contribution in [0.3, 0.4) is 0 Å². The van der Waals surface area contributed by atoms with Gasteiger partial charge in [0.1, 0.15) is 6.61 Å². The summed E-state index contributed by atoms with van der Waals surface area (Å²) in [6.45, 7) is 4.19. The molecular formula is C14H22N4O3S2. The normalized spacial score (nSPS) is 21.3. The number of hydrogen-bond acceptors (Lipinski definition) is 7. The monoisotopic (exact) mass is 358 g/mol. The number of nitrogens with one attached hydrogen (secondary N) is 1. The summed E-state index contributed by atoms with van der Waals surface area (Å²) in [6.07, 6.45) is 3.31. The number of methoxy groups -OCH3 is 1. The molecule has 128 valence electrons. The molecule has 2 atom stereocenters. The number of likely N-dealkylation sites (tertiary alicyclic amines) is 1. The molecule has 1 aromatic heterocycles. The third-order valence-electron chi connectivity index (χ3n) is 3.73. The molecule has 0 saturated carbocycles. The topological polar surface area (TPSA) is 84.4 Å². The fourth-order valence-corrected chi connectivity index (χ4v) is 4.35. The molecule has 0 aliphatic carbocycles. The van der Waals surface area contributed by atoms with E-state index in [2.05, 4.69) is 29.4 Å². The summed E-state index contributed by atoms with van der Waals surface area (Å²) in [5, 5.41) is 10.9. The Balaban J connectivity index is 1.84. The molecule has 0 bridgehead atoms. The Morgan fingerprint density at radius 1 is 1.35 bits per heavy atom. The minimum Gasteiger partial charge on any atom is -0.375 e. The highest BCUT2D eigenvalue weighted by Crippen LogP contribution is 2.28. The number of hydrogen-bond donors (Lipinski definition) is 1. The summed E-state index contributed by atoms with van der Waals surface area (Å²) in [5.41, 5.74) is 0. The number of carbonyl (C=O) groups excluding carboxylic acids is 2. The van der Waals surface area contributed by atoms with Crippen molar-refractivity contribution in [3.05, 3.63) is 0 Å². The van der Waals surface area contributed by atoms with Crippen LogP contribution in [-0.2, 0) is 14.3 Å². The summed E-state index contributed by atoms with van der Waals surface area (Å²) < 4.78 is 5.41. The van der Waals surface area contributed by atoms with Gasteiger partial charge < -0.3 is 9.64 Å². The van der Waals surface area contributed by atoms with Crippen LogP contribution in [0.4, 0.5) is 5.13 Å². The lowest BCUT2D eigenvalue weighted by Gasteiger charge is -2.39. The largest absolute Gasteiger partial charge is 0.375 e. The molecule has 1 aromatic rings. The van der Waals surface area contributed by atoms with Gasteiger partial charge in [-0.3, -0.25) is 14.9 Å². The maximum absolute atomic E-state index is 12.4. The number of amides is 2. The van der Waals surface area contributed by atoms with Gasteiger partial charge in [-0.15, -0.1) is 10.2 Å². The Morgan fingerprint density at radius 3 is 2.70 bits per heavy atom. The SMILES string of the molecule is COCC(=O)Nc1nnc(SCC(=O)N2[C@H](C)CCC[C@@H]2C)s1. The minimum atomic E-state index is -0.271. The lowest BCUT2D eigenvalue weighted by Crippen LogP contribution is -2.48. The van der Waals surface area contributed by atoms with E-state index in [4.69, 9.17) is 4.74 Å². The van der Waals surface area contributed by atoms with Crippen molar-refractivity contribution in [2.24, 2.45) is 0 Å². The fraction of sp³-hybridized carbons (Fsp3) is 0.714. The van der Waals surface area contributed by atoms with E-state index in [1.165, 1.54) is 36.6 Å². The average molecular weight is 358 g/mol. The summed E-state index contributed by atoms with van der Waals surface area (Å²) in [7, 11) is 1.45. The van der Waals surface area contributed by atoms with Gasteiger partial charge in [-0.1, -0.05) is 23.1 Å². The van der Waals surface area contributed by atoms with Crippen molar-refractivity contribution in [1.82, 2.24) is 15.1 Å². The first-order valence-corrected chi connectivity index (χ1v) is 9.37. The van der Waals surface area contributed by atoms with E-state index in [0.29, 0.717) is 27.3 Å². The molecule has 0 unspecified atom stereocenters. The molecule has 0 aromatic carbocycles. The van der Waals surface area contributed by atoms with E-state index >= 15 is 0 Å². The second kappa shape index (κ2) is 8.60. The molecule has 0 radical (unpaired) electrons. The van der Waals surface area contributed by atoms with Gasteiger partial charge in [0.05, 0.1) is 5.75 Å². The van der Waals surface area contributed by atoms with Crippen LogP contribution in [-0.4, -0.2) is 58.5 Å². The average Bonchev–Trinajstić information content (AvgIpc) is 2.92. The van der Waals surface area contributed by atoms with Crippen molar-refractivity contribution >= 4 is 40.0 Å². The highest BCUT2D eigenvalue weighted by Gasteiger charge is 2.28. The predicted molar refractivity (Wildman–Crippen MR) is 90.8 cm³/mol. The van der Waals surface area contributed by atoms with Gasteiger partial charge in [0, 0.05) is 19.2 Å². The standard InChI is InChI=1S/C14H22N4O3S2/c1-9-5-4-6-10(2)18(9)12(20)8-22-14-17-16-13(23-14)15-11(19)7-21-3/h9-10H,4-8H2,1-3H3,(H,15,16,19)/t9-,10+. The maximum Gasteiger partial charge on any atom is 0.252 e. The van der Waals surface area contributed by atoms with Crippen LogP contribution in [0.5, 0.6) is 0 Å². The van der Waals surface area contributed by atoms with Crippen LogP contribution in [0.1, 0.15) is 33.1 Å². The Morgan fingerprint density at radius 2 is 2.04 bits per heavy atom. The van der Waals surface area contributed by atoms with Crippen molar-refractivity contribution in [1.29, 1.82) is 0 Å². The van der Waals surface area contributed by atoms with Crippen LogP contribution in [0.15, 0.2) is 4.34 Å². The number of nitrogens with zero attached hydrogens (tertiary/aromatic N) is 3. The third kappa shape index (κ3) is 5.15. The summed E-state index contributed by atoms with van der Waals surface area (Å²) >= 11 is 2.62. The second-order valence-electron chi connectivity index (χ2n) is 5.57. The molecule has 1 fully saturated rings. The number of rotatable bonds is 6. The van der Waals surface area contributed by atoms with E-state index in [1.54, 1.807) is 0 Å². The van der Waals surface area contributed by atoms with Crippen molar-refractivity contribution in [3.63, 3.8) is 0 Å². The molecule has 0 spiro atoms. The molecule has 9 heteroatoms. The minimum absolute atomic E-state index is 0.0225. The van der Waals surface area contributed by atoms with E-state index in [0.717, 1.165) is 12.8 Å². The number of ether oxygens (including phenoxy) is 1. The molecule has 2 rings (SSSR count). The van der Waals surface area contributed by atoms with E-state index in [-0.39, 0.29) is 18.4 Å². The summed E-state index contributed by atoms with van der Waals surface area (Å²) in [4.78, 5) is 25.8. The quantitative estimate of drug-likeness (QED) is 0.618. The maximum atomic E-state index is 12.4. The first-order valence-electron chi connectivity index (χ1n) is 7.57. The van der Waals surface area contributed by atoms with Crippen molar-refractivity contribution < 1.29 is 14.3 Å². The molecule has 2 heterocycles. The summed E-state index contributed by atoms with van der Waals surface area (Å²) in [5.74, 6) is 0.206. The molecule has 1 N–H and O–H groups in total. The number of piperidine rings is 1. The summed E-state index contributed by atoms with van der Waals surface area (Å²) in [6, 6.07) is 0.593. The van der Waals surface area contributed by atoms with Crippen LogP contribution < -0.4 is 5.32 Å². The molecule has 1 aliphatic rings. The molecule has 1 saturated heterocycles. The van der Waals surface area contributed by atoms with Crippen LogP contribution in [0, 0.1) is 0 Å². The van der Waals surface area contributed by atoms with Crippen LogP contribution in [0.25, 0.3) is 0 Å². The van der Waals surface area contributed by atoms with Gasteiger partial charge in [-0.25, -0.2) is 0 Å². The fourth-order valence-electron chi connectivity index (χ4n) is 2.72.